The Kier molecular flexibility index (Phi) is 5.25. The Morgan fingerprint density at radius 1 is 1.27 bits per heavy atom. The van der Waals surface area contributed by atoms with Crippen molar-refractivity contribution in [2.24, 2.45) is 21.1 Å². The zero-order valence-electron chi connectivity index (χ0n) is 7.57. The van der Waals surface area contributed by atoms with Crippen LogP contribution in [-0.4, -0.2) is 12.8 Å². The van der Waals surface area contributed by atoms with Crippen LogP contribution in [0.1, 0.15) is 20.8 Å². The van der Waals surface area contributed by atoms with Crippen LogP contribution < -0.4 is 0 Å². The number of nitrogens with zero attached hydrogens (tertiary/aromatic N) is 3. The highest BCUT2D eigenvalue weighted by molar-refractivity contribution is 5.84. The molecule has 11 heavy (non-hydrogen) atoms. The van der Waals surface area contributed by atoms with Crippen LogP contribution in [0.3, 0.4) is 0 Å². The smallest absolute Gasteiger partial charge is 0.0674 e. The lowest BCUT2D eigenvalue weighted by molar-refractivity contribution is 0.878. The van der Waals surface area contributed by atoms with Gasteiger partial charge in [-0.25, -0.2) is 0 Å². The van der Waals surface area contributed by atoms with Gasteiger partial charge in [-0.05, 0) is 12.8 Å². The average Bonchev–Trinajstić information content (AvgIpc) is 1.97. The van der Waals surface area contributed by atoms with Crippen molar-refractivity contribution in [1.82, 2.24) is 0 Å². The van der Waals surface area contributed by atoms with Crippen LogP contribution >= 0.6 is 0 Å². The fourth-order valence-electron chi connectivity index (χ4n) is 0.396. The molecule has 3 nitrogen and oxygen atoms in total. The fraction of sp³-hybridized carbons (Fsp3) is 0.625. The maximum atomic E-state index is 4.14. The second-order valence-corrected chi connectivity index (χ2v) is 2.54. The Hall–Kier alpha value is -0.990. The molecule has 0 aliphatic heterocycles. The van der Waals surface area contributed by atoms with E-state index in [0.717, 1.165) is 5.71 Å². The van der Waals surface area contributed by atoms with E-state index in [1.807, 2.05) is 6.92 Å². The van der Waals surface area contributed by atoms with Gasteiger partial charge in [0.2, 0.25) is 0 Å². The van der Waals surface area contributed by atoms with Gasteiger partial charge in [-0.2, -0.15) is 10.2 Å². The van der Waals surface area contributed by atoms with E-state index in [1.54, 1.807) is 19.4 Å². The predicted octanol–water partition coefficient (Wildman–Crippen LogP) is 2.66. The van der Waals surface area contributed by atoms with E-state index in [2.05, 4.69) is 29.1 Å². The quantitative estimate of drug-likeness (QED) is 0.441. The molecular formula is C8H15N3. The van der Waals surface area contributed by atoms with Crippen molar-refractivity contribution in [3.05, 3.63) is 12.4 Å². The van der Waals surface area contributed by atoms with Crippen molar-refractivity contribution in [1.29, 1.82) is 0 Å². The second-order valence-electron chi connectivity index (χ2n) is 2.54. The van der Waals surface area contributed by atoms with E-state index in [9.17, 15) is 0 Å². The normalized spacial score (nSPS) is 14.1. The molecule has 0 spiro atoms. The topological polar surface area (TPSA) is 37.1 Å². The maximum absolute atomic E-state index is 4.14. The summed E-state index contributed by atoms with van der Waals surface area (Å²) in [5, 5.41) is 7.19. The average molecular weight is 153 g/mol. The summed E-state index contributed by atoms with van der Waals surface area (Å²) in [4.78, 5) is 4.14. The first-order chi connectivity index (χ1) is 5.18. The first kappa shape index (κ1) is 10.0. The molecule has 3 heteroatoms. The molecule has 0 aromatic rings. The van der Waals surface area contributed by atoms with Crippen LogP contribution in [0.5, 0.6) is 0 Å². The molecule has 0 saturated heterocycles. The molecule has 0 amide bonds. The van der Waals surface area contributed by atoms with E-state index in [-0.39, 0.29) is 0 Å². The molecule has 0 aromatic carbocycles. The molecule has 0 bridgehead atoms. The number of hydrogen-bond donors (Lipinski definition) is 0. The summed E-state index contributed by atoms with van der Waals surface area (Å²) in [7, 11) is 1.63. The van der Waals surface area contributed by atoms with Crippen LogP contribution in [0.2, 0.25) is 0 Å². The third kappa shape index (κ3) is 5.45. The molecule has 0 radical (unpaired) electrons. The minimum Gasteiger partial charge on any atom is -0.264 e. The van der Waals surface area contributed by atoms with Gasteiger partial charge in [-0.3, -0.25) is 4.99 Å². The minimum atomic E-state index is 0.498. The Bertz CT molecular complexity index is 178. The largest absolute Gasteiger partial charge is 0.264 e. The van der Waals surface area contributed by atoms with Crippen molar-refractivity contribution in [2.75, 3.05) is 7.05 Å². The molecule has 62 valence electrons. The van der Waals surface area contributed by atoms with Gasteiger partial charge in [-0.1, -0.05) is 13.8 Å². The van der Waals surface area contributed by atoms with E-state index >= 15 is 0 Å². The first-order valence-electron chi connectivity index (χ1n) is 3.66. The summed E-state index contributed by atoms with van der Waals surface area (Å²) in [6, 6.07) is 0. The number of rotatable bonds is 3. The van der Waals surface area contributed by atoms with Crippen LogP contribution in [0.4, 0.5) is 0 Å². The molecule has 0 fully saturated rings. The van der Waals surface area contributed by atoms with Gasteiger partial charge >= 0.3 is 0 Å². The van der Waals surface area contributed by atoms with Crippen molar-refractivity contribution in [2.45, 2.75) is 20.8 Å². The third-order valence-corrected chi connectivity index (χ3v) is 1.36. The van der Waals surface area contributed by atoms with Crippen molar-refractivity contribution in [3.63, 3.8) is 0 Å². The third-order valence-electron chi connectivity index (χ3n) is 1.36. The molecular weight excluding hydrogens is 138 g/mol. The van der Waals surface area contributed by atoms with Gasteiger partial charge in [0.05, 0.1) is 6.20 Å². The van der Waals surface area contributed by atoms with Crippen molar-refractivity contribution >= 4 is 5.71 Å². The first-order valence-corrected chi connectivity index (χ1v) is 3.66. The standard InChI is InChI=1S/C8H15N3/c1-7(2)8(3)10-5-6-11-9-4/h5-7H,1-4H3/b6-5-,10-8?,11-9?. The monoisotopic (exact) mass is 153 g/mol. The van der Waals surface area contributed by atoms with Crippen molar-refractivity contribution in [3.8, 4) is 0 Å². The van der Waals surface area contributed by atoms with Gasteiger partial charge in [0.15, 0.2) is 0 Å². The Morgan fingerprint density at radius 2 is 1.91 bits per heavy atom. The Labute approximate surface area is 67.9 Å². The molecule has 0 aliphatic rings. The summed E-state index contributed by atoms with van der Waals surface area (Å²) in [6.07, 6.45) is 3.23. The van der Waals surface area contributed by atoms with Crippen LogP contribution in [0.15, 0.2) is 27.6 Å². The summed E-state index contributed by atoms with van der Waals surface area (Å²) in [6.45, 7) is 6.21. The highest BCUT2D eigenvalue weighted by atomic mass is 15.1. The van der Waals surface area contributed by atoms with Crippen molar-refractivity contribution < 1.29 is 0 Å². The fourth-order valence-corrected chi connectivity index (χ4v) is 0.396. The molecule has 0 saturated carbocycles. The second kappa shape index (κ2) is 5.77. The minimum absolute atomic E-state index is 0.498. The van der Waals surface area contributed by atoms with Crippen LogP contribution in [-0.2, 0) is 0 Å². The molecule has 0 N–H and O–H groups in total. The van der Waals surface area contributed by atoms with E-state index in [0.29, 0.717) is 5.92 Å². The Balaban J connectivity index is 3.91. The van der Waals surface area contributed by atoms with Crippen LogP contribution in [0, 0.1) is 5.92 Å². The molecule has 0 aromatic heterocycles. The summed E-state index contributed by atoms with van der Waals surface area (Å²) < 4.78 is 0. The number of hydrogen-bond acceptors (Lipinski definition) is 3. The van der Waals surface area contributed by atoms with E-state index in [1.165, 1.54) is 0 Å². The van der Waals surface area contributed by atoms with Gasteiger partial charge in [-0.15, -0.1) is 0 Å². The molecule has 0 aliphatic carbocycles. The van der Waals surface area contributed by atoms with Gasteiger partial charge in [0.1, 0.15) is 0 Å². The van der Waals surface area contributed by atoms with Gasteiger partial charge < -0.3 is 0 Å². The summed E-state index contributed by atoms with van der Waals surface area (Å²) >= 11 is 0. The zero-order valence-corrected chi connectivity index (χ0v) is 7.57. The van der Waals surface area contributed by atoms with E-state index < -0.39 is 0 Å². The van der Waals surface area contributed by atoms with E-state index in [4.69, 9.17) is 0 Å². The molecule has 0 atom stereocenters. The Morgan fingerprint density at radius 3 is 2.36 bits per heavy atom. The molecule has 0 rings (SSSR count). The summed E-state index contributed by atoms with van der Waals surface area (Å²) in [5.74, 6) is 0.498. The van der Waals surface area contributed by atoms with Gasteiger partial charge in [0.25, 0.3) is 0 Å². The lowest BCUT2D eigenvalue weighted by atomic mass is 10.1. The highest BCUT2D eigenvalue weighted by Gasteiger charge is 1.93. The maximum Gasteiger partial charge on any atom is 0.0674 e. The zero-order chi connectivity index (χ0) is 8.69. The molecule has 0 unspecified atom stereocenters. The van der Waals surface area contributed by atoms with Gasteiger partial charge in [0, 0.05) is 19.0 Å². The number of aliphatic imine (C=N–C) groups is 1. The highest BCUT2D eigenvalue weighted by Crippen LogP contribution is 1.96. The number of azo groups is 1. The lowest BCUT2D eigenvalue weighted by Crippen LogP contribution is -1.99. The summed E-state index contributed by atoms with van der Waals surface area (Å²) in [5.41, 5.74) is 1.10. The molecule has 0 heterocycles. The lowest BCUT2D eigenvalue weighted by Gasteiger charge is -1.99. The predicted molar refractivity (Wildman–Crippen MR) is 47.9 cm³/mol. The van der Waals surface area contributed by atoms with Crippen LogP contribution in [0.25, 0.3) is 0 Å². The SMILES string of the molecule is CN=N/C=C\N=C(C)C(C)C.